The maximum Gasteiger partial charge on any atom is 0.315 e. The lowest BCUT2D eigenvalue weighted by atomic mass is 9.71. The van der Waals surface area contributed by atoms with Gasteiger partial charge in [-0.3, -0.25) is 4.90 Å². The smallest absolute Gasteiger partial charge is 0.315 e. The number of rotatable bonds is 6. The summed E-state index contributed by atoms with van der Waals surface area (Å²) in [6, 6.07) is 10.9. The van der Waals surface area contributed by atoms with Crippen LogP contribution in [-0.2, 0) is 0 Å². The van der Waals surface area contributed by atoms with Gasteiger partial charge in [0.1, 0.15) is 0 Å². The summed E-state index contributed by atoms with van der Waals surface area (Å²) in [5.74, 6) is 1.29. The Bertz CT molecular complexity index is 536. The van der Waals surface area contributed by atoms with Gasteiger partial charge in [-0.2, -0.15) is 0 Å². The van der Waals surface area contributed by atoms with Crippen molar-refractivity contribution < 1.29 is 4.79 Å². The number of nitrogens with one attached hydrogen (secondary N) is 2. The first kappa shape index (κ1) is 18.2. The van der Waals surface area contributed by atoms with Gasteiger partial charge in [-0.1, -0.05) is 30.3 Å². The van der Waals surface area contributed by atoms with E-state index in [9.17, 15) is 4.79 Å². The van der Waals surface area contributed by atoms with Crippen LogP contribution in [0.5, 0.6) is 0 Å². The fourth-order valence-corrected chi connectivity index (χ4v) is 3.87. The van der Waals surface area contributed by atoms with Crippen molar-refractivity contribution in [2.75, 3.05) is 46.3 Å². The first-order valence-electron chi connectivity index (χ1n) is 9.60. The zero-order chi connectivity index (χ0) is 17.6. The van der Waals surface area contributed by atoms with E-state index in [0.29, 0.717) is 11.8 Å². The van der Waals surface area contributed by atoms with Gasteiger partial charge in [0.05, 0.1) is 0 Å². The first-order chi connectivity index (χ1) is 12.1. The lowest BCUT2D eigenvalue weighted by molar-refractivity contribution is 0.144. The van der Waals surface area contributed by atoms with Crippen molar-refractivity contribution in [1.29, 1.82) is 0 Å². The molecule has 1 aliphatic carbocycles. The largest absolute Gasteiger partial charge is 0.338 e. The van der Waals surface area contributed by atoms with Gasteiger partial charge in [0.15, 0.2) is 0 Å². The Morgan fingerprint density at radius 3 is 2.52 bits per heavy atom. The summed E-state index contributed by atoms with van der Waals surface area (Å²) in [7, 11) is 2.16. The number of hydrogen-bond acceptors (Lipinski definition) is 3. The van der Waals surface area contributed by atoms with Crippen molar-refractivity contribution in [2.24, 2.45) is 5.92 Å². The summed E-state index contributed by atoms with van der Waals surface area (Å²) in [6.07, 6.45) is 2.36. The monoisotopic (exact) mass is 344 g/mol. The van der Waals surface area contributed by atoms with Crippen LogP contribution in [0, 0.1) is 5.92 Å². The fourth-order valence-electron chi connectivity index (χ4n) is 3.87. The first-order valence-corrected chi connectivity index (χ1v) is 9.60. The molecular formula is C20H32N4O. The predicted octanol–water partition coefficient (Wildman–Crippen LogP) is 2.12. The van der Waals surface area contributed by atoms with Gasteiger partial charge < -0.3 is 15.5 Å². The van der Waals surface area contributed by atoms with Crippen LogP contribution in [0.25, 0.3) is 0 Å². The molecule has 0 unspecified atom stereocenters. The molecule has 0 bridgehead atoms. The van der Waals surface area contributed by atoms with Gasteiger partial charge in [0.2, 0.25) is 0 Å². The summed E-state index contributed by atoms with van der Waals surface area (Å²) in [6.45, 7) is 8.22. The number of carbonyl (C=O) groups is 1. The standard InChI is InChI=1S/C20H32N4O/c1-16(15-24-10-8-23(2)9-11-24)22-20(25)21-14-17-12-19(13-17)18-6-4-3-5-7-18/h3-7,16-17,19H,8-15H2,1-2H3,(H2,21,22,25)/t16-,17?,19?/m0/s1. The number of hydrogen-bond donors (Lipinski definition) is 2. The molecule has 2 fully saturated rings. The molecular weight excluding hydrogens is 312 g/mol. The molecule has 5 nitrogen and oxygen atoms in total. The molecule has 1 heterocycles. The number of urea groups is 1. The molecule has 0 spiro atoms. The SMILES string of the molecule is C[C@@H](CN1CCN(C)CC1)NC(=O)NCC1CC(c2ccccc2)C1. The Morgan fingerprint density at radius 2 is 1.84 bits per heavy atom. The van der Waals surface area contributed by atoms with E-state index in [1.54, 1.807) is 0 Å². The van der Waals surface area contributed by atoms with Gasteiger partial charge in [-0.05, 0) is 44.2 Å². The molecule has 0 aromatic heterocycles. The second-order valence-corrected chi connectivity index (χ2v) is 7.80. The molecule has 2 N–H and O–H groups in total. The summed E-state index contributed by atoms with van der Waals surface area (Å²) >= 11 is 0. The normalized spacial score (nSPS) is 25.8. The average molecular weight is 345 g/mol. The van der Waals surface area contributed by atoms with Crippen molar-refractivity contribution >= 4 is 6.03 Å². The maximum atomic E-state index is 12.1. The number of nitrogens with zero attached hydrogens (tertiary/aromatic N) is 2. The molecule has 1 aliphatic heterocycles. The van der Waals surface area contributed by atoms with Gasteiger partial charge in [0, 0.05) is 45.3 Å². The van der Waals surface area contributed by atoms with Crippen molar-refractivity contribution in [1.82, 2.24) is 20.4 Å². The molecule has 1 atom stereocenters. The molecule has 5 heteroatoms. The highest BCUT2D eigenvalue weighted by molar-refractivity contribution is 5.74. The van der Waals surface area contributed by atoms with E-state index in [2.05, 4.69) is 64.7 Å². The van der Waals surface area contributed by atoms with E-state index < -0.39 is 0 Å². The highest BCUT2D eigenvalue weighted by Gasteiger charge is 2.30. The second-order valence-electron chi connectivity index (χ2n) is 7.80. The minimum Gasteiger partial charge on any atom is -0.338 e. The van der Waals surface area contributed by atoms with Crippen molar-refractivity contribution in [3.63, 3.8) is 0 Å². The lowest BCUT2D eigenvalue weighted by Crippen LogP contribution is -2.51. The summed E-state index contributed by atoms with van der Waals surface area (Å²) in [5.41, 5.74) is 1.43. The zero-order valence-corrected chi connectivity index (χ0v) is 15.6. The maximum absolute atomic E-state index is 12.1. The summed E-state index contributed by atoms with van der Waals surface area (Å²) in [4.78, 5) is 16.9. The van der Waals surface area contributed by atoms with Gasteiger partial charge in [-0.15, -0.1) is 0 Å². The molecule has 0 radical (unpaired) electrons. The Balaban J connectivity index is 1.28. The topological polar surface area (TPSA) is 47.6 Å². The third-order valence-electron chi connectivity index (χ3n) is 5.56. The molecule has 2 aliphatic rings. The van der Waals surface area contributed by atoms with Crippen LogP contribution in [0.15, 0.2) is 30.3 Å². The predicted molar refractivity (Wildman–Crippen MR) is 102 cm³/mol. The summed E-state index contributed by atoms with van der Waals surface area (Å²) in [5, 5.41) is 6.13. The summed E-state index contributed by atoms with van der Waals surface area (Å²) < 4.78 is 0. The van der Waals surface area contributed by atoms with Crippen molar-refractivity contribution in [3.8, 4) is 0 Å². The van der Waals surface area contributed by atoms with Gasteiger partial charge in [0.25, 0.3) is 0 Å². The van der Waals surface area contributed by atoms with Crippen LogP contribution >= 0.6 is 0 Å². The number of benzene rings is 1. The third-order valence-corrected chi connectivity index (χ3v) is 5.56. The minimum absolute atomic E-state index is 0.0233. The molecule has 25 heavy (non-hydrogen) atoms. The van der Waals surface area contributed by atoms with Gasteiger partial charge >= 0.3 is 6.03 Å². The Hall–Kier alpha value is -1.59. The minimum atomic E-state index is -0.0233. The van der Waals surface area contributed by atoms with Crippen LogP contribution in [0.1, 0.15) is 31.2 Å². The van der Waals surface area contributed by atoms with Crippen molar-refractivity contribution in [2.45, 2.75) is 31.7 Å². The highest BCUT2D eigenvalue weighted by Crippen LogP contribution is 2.40. The molecule has 1 saturated heterocycles. The Morgan fingerprint density at radius 1 is 1.16 bits per heavy atom. The van der Waals surface area contributed by atoms with Crippen LogP contribution in [0.3, 0.4) is 0 Å². The molecule has 1 saturated carbocycles. The fraction of sp³-hybridized carbons (Fsp3) is 0.650. The van der Waals surface area contributed by atoms with E-state index in [4.69, 9.17) is 0 Å². The Kier molecular flexibility index (Phi) is 6.32. The van der Waals surface area contributed by atoms with Crippen LogP contribution in [0.2, 0.25) is 0 Å². The molecule has 2 amide bonds. The van der Waals surface area contributed by atoms with Crippen LogP contribution in [-0.4, -0.2) is 68.2 Å². The van der Waals surface area contributed by atoms with Crippen molar-refractivity contribution in [3.05, 3.63) is 35.9 Å². The van der Waals surface area contributed by atoms with E-state index in [-0.39, 0.29) is 12.1 Å². The average Bonchev–Trinajstić information content (AvgIpc) is 2.56. The number of piperazine rings is 1. The van der Waals surface area contributed by atoms with E-state index in [1.165, 1.54) is 18.4 Å². The molecule has 1 aromatic rings. The number of carbonyl (C=O) groups excluding carboxylic acids is 1. The van der Waals surface area contributed by atoms with Crippen LogP contribution in [0.4, 0.5) is 4.79 Å². The van der Waals surface area contributed by atoms with E-state index >= 15 is 0 Å². The van der Waals surface area contributed by atoms with Gasteiger partial charge in [-0.25, -0.2) is 4.79 Å². The third kappa shape index (κ3) is 5.44. The zero-order valence-electron chi connectivity index (χ0n) is 15.6. The number of likely N-dealkylation sites (N-methyl/N-ethyl adjacent to an activating group) is 1. The quantitative estimate of drug-likeness (QED) is 0.831. The molecule has 138 valence electrons. The lowest BCUT2D eigenvalue weighted by Gasteiger charge is -2.36. The Labute approximate surface area is 151 Å². The molecule has 1 aromatic carbocycles. The molecule has 3 rings (SSSR count). The number of amides is 2. The second kappa shape index (κ2) is 8.68. The highest BCUT2D eigenvalue weighted by atomic mass is 16.2. The van der Waals surface area contributed by atoms with E-state index in [1.807, 2.05) is 0 Å². The van der Waals surface area contributed by atoms with Crippen LogP contribution < -0.4 is 10.6 Å². The van der Waals surface area contributed by atoms with E-state index in [0.717, 1.165) is 39.3 Å².